The van der Waals surface area contributed by atoms with E-state index in [2.05, 4.69) is 0 Å². The summed E-state index contributed by atoms with van der Waals surface area (Å²) in [4.78, 5) is 14.2. The fourth-order valence-electron chi connectivity index (χ4n) is 3.25. The summed E-state index contributed by atoms with van der Waals surface area (Å²) in [6.07, 6.45) is 3.85. The number of hydrogen-bond donors (Lipinski definition) is 1. The van der Waals surface area contributed by atoms with Gasteiger partial charge in [0, 0.05) is 19.1 Å². The normalized spacial score (nSPS) is 30.1. The molecule has 1 aliphatic carbocycles. The van der Waals surface area contributed by atoms with Crippen LogP contribution in [0.1, 0.15) is 29.0 Å². The number of aryl methyl sites for hydroxylation is 1. The van der Waals surface area contributed by atoms with Crippen molar-refractivity contribution >= 4 is 18.3 Å². The molecule has 18 heavy (non-hydrogen) atoms. The number of carbonyl (C=O) groups is 1. The van der Waals surface area contributed by atoms with Gasteiger partial charge in [-0.3, -0.25) is 4.79 Å². The second-order valence-electron chi connectivity index (χ2n) is 5.27. The van der Waals surface area contributed by atoms with Gasteiger partial charge in [0.25, 0.3) is 5.91 Å². The van der Waals surface area contributed by atoms with Gasteiger partial charge in [0.1, 0.15) is 5.76 Å². The largest absolute Gasteiger partial charge is 0.469 e. The van der Waals surface area contributed by atoms with E-state index in [0.29, 0.717) is 23.2 Å². The second-order valence-corrected chi connectivity index (χ2v) is 5.27. The van der Waals surface area contributed by atoms with Crippen LogP contribution in [0.25, 0.3) is 0 Å². The highest BCUT2D eigenvalue weighted by atomic mass is 35.5. The first-order valence-electron chi connectivity index (χ1n) is 6.26. The monoisotopic (exact) mass is 270 g/mol. The van der Waals surface area contributed by atoms with Crippen LogP contribution in [0.4, 0.5) is 0 Å². The molecule has 2 N–H and O–H groups in total. The van der Waals surface area contributed by atoms with Crippen molar-refractivity contribution in [1.82, 2.24) is 4.90 Å². The Kier molecular flexibility index (Phi) is 3.69. The fraction of sp³-hybridized carbons (Fsp3) is 0.615. The number of halogens is 1. The summed E-state index contributed by atoms with van der Waals surface area (Å²) < 4.78 is 5.19. The van der Waals surface area contributed by atoms with Crippen LogP contribution in [0, 0.1) is 18.8 Å². The molecule has 1 aromatic heterocycles. The van der Waals surface area contributed by atoms with Gasteiger partial charge in [0.2, 0.25) is 0 Å². The average Bonchev–Trinajstić information content (AvgIpc) is 2.96. The smallest absolute Gasteiger partial charge is 0.257 e. The number of amides is 1. The van der Waals surface area contributed by atoms with Crippen LogP contribution in [-0.4, -0.2) is 29.9 Å². The van der Waals surface area contributed by atoms with E-state index in [1.54, 1.807) is 12.3 Å². The van der Waals surface area contributed by atoms with Crippen molar-refractivity contribution in [2.24, 2.45) is 17.6 Å². The van der Waals surface area contributed by atoms with Crippen molar-refractivity contribution in [1.29, 1.82) is 0 Å². The Bertz CT molecular complexity index is 446. The van der Waals surface area contributed by atoms with Crippen LogP contribution in [0.3, 0.4) is 0 Å². The Labute approximate surface area is 113 Å². The van der Waals surface area contributed by atoms with E-state index >= 15 is 0 Å². The first-order valence-corrected chi connectivity index (χ1v) is 6.26. The van der Waals surface area contributed by atoms with Crippen molar-refractivity contribution in [2.75, 3.05) is 13.1 Å². The molecule has 0 aromatic carbocycles. The van der Waals surface area contributed by atoms with E-state index in [1.807, 2.05) is 11.8 Å². The van der Waals surface area contributed by atoms with Crippen LogP contribution >= 0.6 is 12.4 Å². The van der Waals surface area contributed by atoms with E-state index in [1.165, 1.54) is 6.42 Å². The Morgan fingerprint density at radius 3 is 2.83 bits per heavy atom. The van der Waals surface area contributed by atoms with Crippen LogP contribution in [0.15, 0.2) is 16.7 Å². The summed E-state index contributed by atoms with van der Waals surface area (Å²) in [5.41, 5.74) is 6.77. The number of rotatable bonds is 1. The molecule has 3 unspecified atom stereocenters. The van der Waals surface area contributed by atoms with Crippen LogP contribution in [0.2, 0.25) is 0 Å². The van der Waals surface area contributed by atoms with E-state index in [0.717, 1.165) is 19.5 Å². The van der Waals surface area contributed by atoms with Crippen molar-refractivity contribution in [3.05, 3.63) is 23.7 Å². The summed E-state index contributed by atoms with van der Waals surface area (Å²) >= 11 is 0. The summed E-state index contributed by atoms with van der Waals surface area (Å²) in [5, 5.41) is 0. The van der Waals surface area contributed by atoms with E-state index in [-0.39, 0.29) is 24.4 Å². The standard InChI is InChI=1S/C13H18N2O2.ClH/c1-8-10(4-5-17-8)13(16)15-6-9-2-3-12(14)11(9)7-15;/h4-5,9,11-12H,2-3,6-7,14H2,1H3;1H. The highest BCUT2D eigenvalue weighted by Crippen LogP contribution is 2.37. The number of furan rings is 1. The molecule has 1 saturated heterocycles. The summed E-state index contributed by atoms with van der Waals surface area (Å²) in [5.74, 6) is 1.92. The molecule has 0 bridgehead atoms. The SMILES string of the molecule is Cc1occc1C(=O)N1CC2CCC(N)C2C1.Cl. The van der Waals surface area contributed by atoms with Crippen LogP contribution in [-0.2, 0) is 0 Å². The average molecular weight is 271 g/mol. The highest BCUT2D eigenvalue weighted by Gasteiger charge is 2.42. The molecule has 0 radical (unpaired) electrons. The maximum Gasteiger partial charge on any atom is 0.257 e. The minimum Gasteiger partial charge on any atom is -0.469 e. The molecule has 1 aliphatic heterocycles. The molecule has 1 aromatic rings. The molecule has 2 aliphatic rings. The molecule has 4 nitrogen and oxygen atoms in total. The summed E-state index contributed by atoms with van der Waals surface area (Å²) in [7, 11) is 0. The quantitative estimate of drug-likeness (QED) is 0.847. The number of nitrogens with zero attached hydrogens (tertiary/aromatic N) is 1. The van der Waals surface area contributed by atoms with Gasteiger partial charge >= 0.3 is 0 Å². The number of nitrogens with two attached hydrogens (primary N) is 1. The summed E-state index contributed by atoms with van der Waals surface area (Å²) in [6, 6.07) is 2.04. The van der Waals surface area contributed by atoms with Gasteiger partial charge in [-0.1, -0.05) is 0 Å². The van der Waals surface area contributed by atoms with E-state index in [9.17, 15) is 4.79 Å². The molecular weight excluding hydrogens is 252 g/mol. The lowest BCUT2D eigenvalue weighted by Crippen LogP contribution is -2.33. The van der Waals surface area contributed by atoms with Gasteiger partial charge in [0.15, 0.2) is 0 Å². The molecule has 5 heteroatoms. The predicted molar refractivity (Wildman–Crippen MR) is 70.8 cm³/mol. The third-order valence-electron chi connectivity index (χ3n) is 4.29. The number of fused-ring (bicyclic) bond motifs is 1. The second kappa shape index (κ2) is 4.94. The van der Waals surface area contributed by atoms with Crippen molar-refractivity contribution in [3.8, 4) is 0 Å². The summed E-state index contributed by atoms with van der Waals surface area (Å²) in [6.45, 7) is 3.51. The molecule has 1 saturated carbocycles. The van der Waals surface area contributed by atoms with Crippen molar-refractivity contribution in [3.63, 3.8) is 0 Å². The lowest BCUT2D eigenvalue weighted by Gasteiger charge is -2.18. The lowest BCUT2D eigenvalue weighted by molar-refractivity contribution is 0.0778. The Morgan fingerprint density at radius 1 is 1.44 bits per heavy atom. The zero-order chi connectivity index (χ0) is 12.0. The fourth-order valence-corrected chi connectivity index (χ4v) is 3.25. The first kappa shape index (κ1) is 13.4. The third-order valence-corrected chi connectivity index (χ3v) is 4.29. The number of hydrogen-bond acceptors (Lipinski definition) is 3. The topological polar surface area (TPSA) is 59.5 Å². The van der Waals surface area contributed by atoms with Gasteiger partial charge in [-0.25, -0.2) is 0 Å². The molecule has 3 atom stereocenters. The van der Waals surface area contributed by atoms with Crippen molar-refractivity contribution in [2.45, 2.75) is 25.8 Å². The van der Waals surface area contributed by atoms with Gasteiger partial charge in [-0.15, -0.1) is 12.4 Å². The Hall–Kier alpha value is -1.00. The lowest BCUT2D eigenvalue weighted by atomic mass is 9.98. The maximum absolute atomic E-state index is 12.3. The minimum atomic E-state index is 0. The minimum absolute atomic E-state index is 0. The van der Waals surface area contributed by atoms with Crippen molar-refractivity contribution < 1.29 is 9.21 Å². The van der Waals surface area contributed by atoms with Gasteiger partial charge in [0.05, 0.1) is 11.8 Å². The molecule has 2 fully saturated rings. The molecule has 100 valence electrons. The third kappa shape index (κ3) is 2.04. The van der Waals surface area contributed by atoms with E-state index < -0.39 is 0 Å². The molecule has 1 amide bonds. The Morgan fingerprint density at radius 2 is 2.22 bits per heavy atom. The molecule has 0 spiro atoms. The zero-order valence-electron chi connectivity index (χ0n) is 10.5. The Balaban J connectivity index is 0.00000120. The van der Waals surface area contributed by atoms with Gasteiger partial charge in [-0.05, 0) is 37.7 Å². The van der Waals surface area contributed by atoms with Crippen LogP contribution < -0.4 is 5.73 Å². The van der Waals surface area contributed by atoms with Gasteiger partial charge < -0.3 is 15.1 Å². The highest BCUT2D eigenvalue weighted by molar-refractivity contribution is 5.95. The van der Waals surface area contributed by atoms with E-state index in [4.69, 9.17) is 10.2 Å². The number of carbonyl (C=O) groups excluding carboxylic acids is 1. The number of likely N-dealkylation sites (tertiary alicyclic amines) is 1. The maximum atomic E-state index is 12.3. The first-order chi connectivity index (χ1) is 8.16. The van der Waals surface area contributed by atoms with Gasteiger partial charge in [-0.2, -0.15) is 0 Å². The van der Waals surface area contributed by atoms with Crippen LogP contribution in [0.5, 0.6) is 0 Å². The zero-order valence-corrected chi connectivity index (χ0v) is 11.3. The predicted octanol–water partition coefficient (Wildman–Crippen LogP) is 1.82. The molecule has 3 rings (SSSR count). The molecule has 2 heterocycles. The molecular formula is C13H19ClN2O2.